The summed E-state index contributed by atoms with van der Waals surface area (Å²) in [5.41, 5.74) is 0. The van der Waals surface area contributed by atoms with Gasteiger partial charge in [0.1, 0.15) is 0 Å². The van der Waals surface area contributed by atoms with E-state index >= 15 is 0 Å². The molecule has 0 bridgehead atoms. The van der Waals surface area contributed by atoms with Gasteiger partial charge in [-0.15, -0.1) is 0 Å². The van der Waals surface area contributed by atoms with Gasteiger partial charge in [-0.3, -0.25) is 4.79 Å². The summed E-state index contributed by atoms with van der Waals surface area (Å²) >= 11 is 0. The first-order valence-corrected chi connectivity index (χ1v) is 8.32. The minimum absolute atomic E-state index is 0.259. The highest BCUT2D eigenvalue weighted by Gasteiger charge is 2.28. The van der Waals surface area contributed by atoms with E-state index in [-0.39, 0.29) is 6.42 Å². The van der Waals surface area contributed by atoms with E-state index < -0.39 is 5.97 Å². The van der Waals surface area contributed by atoms with Crippen LogP contribution in [0.2, 0.25) is 0 Å². The number of carbonyl (C=O) groups is 1. The number of unbranched alkanes of at least 4 members (excludes halogenated alkanes) is 1. The molecule has 0 amide bonds. The number of hydrogen-bond acceptors (Lipinski definition) is 3. The standard InChI is InChI=1S/C17H28O4/c18-17(19)10-4-2-1-3-7-14-11-20-12-15(14)13-21-16-8-5-6-9-16/h1,3,14-16H,2,4-13H2,(H,18,19)/b3-1-/t14-,15+/m0/s1. The number of ether oxygens (including phenoxy) is 2. The van der Waals surface area contributed by atoms with Crippen molar-refractivity contribution >= 4 is 5.97 Å². The highest BCUT2D eigenvalue weighted by Crippen LogP contribution is 2.27. The van der Waals surface area contributed by atoms with Crippen molar-refractivity contribution in [2.75, 3.05) is 19.8 Å². The van der Waals surface area contributed by atoms with E-state index in [0.717, 1.165) is 39.1 Å². The van der Waals surface area contributed by atoms with Crippen LogP contribution in [0.1, 0.15) is 51.4 Å². The summed E-state index contributed by atoms with van der Waals surface area (Å²) < 4.78 is 11.6. The molecule has 2 aliphatic rings. The molecule has 120 valence electrons. The molecule has 0 aromatic rings. The van der Waals surface area contributed by atoms with Crippen LogP contribution in [0.3, 0.4) is 0 Å². The molecule has 2 atom stereocenters. The molecule has 1 saturated carbocycles. The SMILES string of the molecule is O=C(O)CCC/C=C\C[C@H]1COC[C@@H]1COC1CCCC1. The van der Waals surface area contributed by atoms with Crippen LogP contribution >= 0.6 is 0 Å². The summed E-state index contributed by atoms with van der Waals surface area (Å²) in [5.74, 6) is 0.369. The van der Waals surface area contributed by atoms with Crippen molar-refractivity contribution in [3.8, 4) is 0 Å². The Morgan fingerprint density at radius 2 is 1.95 bits per heavy atom. The number of hydrogen-bond donors (Lipinski definition) is 1. The topological polar surface area (TPSA) is 55.8 Å². The van der Waals surface area contributed by atoms with Crippen LogP contribution < -0.4 is 0 Å². The summed E-state index contributed by atoms with van der Waals surface area (Å²) in [6, 6.07) is 0. The molecule has 4 nitrogen and oxygen atoms in total. The van der Waals surface area contributed by atoms with Gasteiger partial charge in [0, 0.05) is 12.3 Å². The van der Waals surface area contributed by atoms with Gasteiger partial charge in [0.2, 0.25) is 0 Å². The zero-order valence-electron chi connectivity index (χ0n) is 12.8. The smallest absolute Gasteiger partial charge is 0.303 e. The Hall–Kier alpha value is -0.870. The molecule has 2 rings (SSSR count). The quantitative estimate of drug-likeness (QED) is 0.523. The van der Waals surface area contributed by atoms with Gasteiger partial charge in [-0.1, -0.05) is 25.0 Å². The fraction of sp³-hybridized carbons (Fsp3) is 0.824. The average Bonchev–Trinajstić information content (AvgIpc) is 3.11. The molecule has 4 heteroatoms. The van der Waals surface area contributed by atoms with Crippen LogP contribution in [0.25, 0.3) is 0 Å². The van der Waals surface area contributed by atoms with Crippen molar-refractivity contribution < 1.29 is 19.4 Å². The van der Waals surface area contributed by atoms with Crippen LogP contribution in [-0.4, -0.2) is 37.0 Å². The van der Waals surface area contributed by atoms with Gasteiger partial charge in [0.25, 0.3) is 0 Å². The van der Waals surface area contributed by atoms with Gasteiger partial charge in [0.05, 0.1) is 25.9 Å². The monoisotopic (exact) mass is 296 g/mol. The van der Waals surface area contributed by atoms with E-state index in [1.165, 1.54) is 25.7 Å². The van der Waals surface area contributed by atoms with Crippen LogP contribution in [0.15, 0.2) is 12.2 Å². The van der Waals surface area contributed by atoms with Gasteiger partial charge in [-0.05, 0) is 38.0 Å². The zero-order chi connectivity index (χ0) is 14.9. The molecule has 0 spiro atoms. The molecule has 2 fully saturated rings. The van der Waals surface area contributed by atoms with Gasteiger partial charge in [-0.25, -0.2) is 0 Å². The Bertz CT molecular complexity index is 334. The summed E-state index contributed by atoms with van der Waals surface area (Å²) in [6.45, 7) is 2.49. The largest absolute Gasteiger partial charge is 0.481 e. The van der Waals surface area contributed by atoms with Crippen molar-refractivity contribution in [2.45, 2.75) is 57.5 Å². The minimum atomic E-state index is -0.711. The van der Waals surface area contributed by atoms with Crippen LogP contribution in [-0.2, 0) is 14.3 Å². The average molecular weight is 296 g/mol. The maximum atomic E-state index is 10.4. The molecule has 0 unspecified atom stereocenters. The number of carboxylic acid groups (broad SMARTS) is 1. The highest BCUT2D eigenvalue weighted by atomic mass is 16.5. The van der Waals surface area contributed by atoms with E-state index in [1.807, 2.05) is 0 Å². The third-order valence-corrected chi connectivity index (χ3v) is 4.55. The van der Waals surface area contributed by atoms with Gasteiger partial charge >= 0.3 is 5.97 Å². The first-order chi connectivity index (χ1) is 10.3. The molecular weight excluding hydrogens is 268 g/mol. The minimum Gasteiger partial charge on any atom is -0.481 e. The number of aliphatic carboxylic acids is 1. The van der Waals surface area contributed by atoms with Crippen molar-refractivity contribution in [2.24, 2.45) is 11.8 Å². The molecule has 1 heterocycles. The first kappa shape index (κ1) is 16.5. The number of rotatable bonds is 9. The van der Waals surface area contributed by atoms with E-state index in [0.29, 0.717) is 17.9 Å². The Morgan fingerprint density at radius 1 is 1.19 bits per heavy atom. The maximum absolute atomic E-state index is 10.4. The normalized spacial score (nSPS) is 26.9. The molecular formula is C17H28O4. The van der Waals surface area contributed by atoms with Crippen molar-refractivity contribution in [3.63, 3.8) is 0 Å². The predicted octanol–water partition coefficient (Wildman–Crippen LogP) is 3.41. The first-order valence-electron chi connectivity index (χ1n) is 8.32. The van der Waals surface area contributed by atoms with E-state index in [9.17, 15) is 4.79 Å². The Kier molecular flexibility index (Phi) is 7.24. The fourth-order valence-corrected chi connectivity index (χ4v) is 3.16. The lowest BCUT2D eigenvalue weighted by molar-refractivity contribution is -0.137. The Labute approximate surface area is 127 Å². The number of carboxylic acids is 1. The van der Waals surface area contributed by atoms with Crippen molar-refractivity contribution in [1.29, 1.82) is 0 Å². The predicted molar refractivity (Wildman–Crippen MR) is 81.3 cm³/mol. The second kappa shape index (κ2) is 9.21. The molecule has 21 heavy (non-hydrogen) atoms. The summed E-state index contributed by atoms with van der Waals surface area (Å²) in [5, 5.41) is 8.57. The second-order valence-corrected chi connectivity index (χ2v) is 6.29. The molecule has 0 radical (unpaired) electrons. The summed E-state index contributed by atoms with van der Waals surface area (Å²) in [6.07, 6.45) is 12.7. The summed E-state index contributed by atoms with van der Waals surface area (Å²) in [4.78, 5) is 10.4. The third-order valence-electron chi connectivity index (χ3n) is 4.55. The maximum Gasteiger partial charge on any atom is 0.303 e. The van der Waals surface area contributed by atoms with Gasteiger partial charge < -0.3 is 14.6 Å². The van der Waals surface area contributed by atoms with Crippen LogP contribution in [0.5, 0.6) is 0 Å². The van der Waals surface area contributed by atoms with Gasteiger partial charge in [-0.2, -0.15) is 0 Å². The van der Waals surface area contributed by atoms with Gasteiger partial charge in [0.15, 0.2) is 0 Å². The molecule has 1 aliphatic carbocycles. The highest BCUT2D eigenvalue weighted by molar-refractivity contribution is 5.66. The summed E-state index contributed by atoms with van der Waals surface area (Å²) in [7, 11) is 0. The molecule has 1 saturated heterocycles. The van der Waals surface area contributed by atoms with Crippen LogP contribution in [0.4, 0.5) is 0 Å². The van der Waals surface area contributed by atoms with Crippen LogP contribution in [0, 0.1) is 11.8 Å². The van der Waals surface area contributed by atoms with Crippen molar-refractivity contribution in [3.05, 3.63) is 12.2 Å². The molecule has 1 N–H and O–H groups in total. The zero-order valence-corrected chi connectivity index (χ0v) is 12.8. The second-order valence-electron chi connectivity index (χ2n) is 6.29. The molecule has 0 aromatic heterocycles. The lowest BCUT2D eigenvalue weighted by atomic mass is 9.93. The molecule has 1 aliphatic heterocycles. The lowest BCUT2D eigenvalue weighted by Crippen LogP contribution is -2.21. The van der Waals surface area contributed by atoms with E-state index in [4.69, 9.17) is 14.6 Å². The third kappa shape index (κ3) is 6.18. The lowest BCUT2D eigenvalue weighted by Gasteiger charge is -2.19. The number of allylic oxidation sites excluding steroid dienone is 2. The Balaban J connectivity index is 1.59. The Morgan fingerprint density at radius 3 is 2.71 bits per heavy atom. The van der Waals surface area contributed by atoms with E-state index in [1.54, 1.807) is 0 Å². The van der Waals surface area contributed by atoms with E-state index in [2.05, 4.69) is 12.2 Å². The molecule has 0 aromatic carbocycles. The fourth-order valence-electron chi connectivity index (χ4n) is 3.16. The van der Waals surface area contributed by atoms with Crippen molar-refractivity contribution in [1.82, 2.24) is 0 Å².